The van der Waals surface area contributed by atoms with E-state index in [1.807, 2.05) is 12.1 Å². The summed E-state index contributed by atoms with van der Waals surface area (Å²) in [6, 6.07) is 24.5. The van der Waals surface area contributed by atoms with E-state index in [0.717, 1.165) is 12.8 Å². The Labute approximate surface area is 141 Å². The molecule has 118 valence electrons. The normalized spacial score (nSPS) is 12.7. The molecule has 0 aromatic heterocycles. The quantitative estimate of drug-likeness (QED) is 0.725. The van der Waals surface area contributed by atoms with Gasteiger partial charge in [-0.05, 0) is 52.8 Å². The van der Waals surface area contributed by atoms with Crippen LogP contribution in [0.4, 0.5) is 0 Å². The molecule has 0 spiro atoms. The molecule has 1 aliphatic carbocycles. The average molecular weight is 314 g/mol. The standard InChI is InChI=1S/C22H18O2/c23-22(24)16-12-9-15(10-13-16)11-14-21-19-7-3-1-5-17(19)18-6-2-4-8-20(18)21/h1-10,12-13,21H,11,14H2,(H,23,24). The Morgan fingerprint density at radius 3 is 1.88 bits per heavy atom. The number of aryl methyl sites for hydroxylation is 1. The summed E-state index contributed by atoms with van der Waals surface area (Å²) >= 11 is 0. The molecule has 0 bridgehead atoms. The third kappa shape index (κ3) is 2.50. The summed E-state index contributed by atoms with van der Waals surface area (Å²) in [4.78, 5) is 11.0. The molecule has 3 aromatic rings. The molecule has 0 heterocycles. The van der Waals surface area contributed by atoms with Crippen LogP contribution in [0.1, 0.15) is 39.4 Å². The first-order chi connectivity index (χ1) is 11.7. The van der Waals surface area contributed by atoms with Crippen molar-refractivity contribution in [2.45, 2.75) is 18.8 Å². The maximum atomic E-state index is 11.0. The Balaban J connectivity index is 1.59. The highest BCUT2D eigenvalue weighted by Crippen LogP contribution is 2.46. The molecule has 1 aliphatic rings. The Hall–Kier alpha value is -2.87. The average Bonchev–Trinajstić information content (AvgIpc) is 2.94. The summed E-state index contributed by atoms with van der Waals surface area (Å²) in [7, 11) is 0. The van der Waals surface area contributed by atoms with Crippen molar-refractivity contribution in [3.8, 4) is 11.1 Å². The zero-order valence-electron chi connectivity index (χ0n) is 13.3. The van der Waals surface area contributed by atoms with Crippen molar-refractivity contribution < 1.29 is 9.90 Å². The highest BCUT2D eigenvalue weighted by atomic mass is 16.4. The molecule has 1 N–H and O–H groups in total. The topological polar surface area (TPSA) is 37.3 Å². The fourth-order valence-corrected chi connectivity index (χ4v) is 3.70. The molecular weight excluding hydrogens is 296 g/mol. The van der Waals surface area contributed by atoms with Gasteiger partial charge in [-0.25, -0.2) is 4.79 Å². The first-order valence-electron chi connectivity index (χ1n) is 8.24. The van der Waals surface area contributed by atoms with Crippen molar-refractivity contribution in [2.75, 3.05) is 0 Å². The van der Waals surface area contributed by atoms with Gasteiger partial charge in [0.1, 0.15) is 0 Å². The number of rotatable bonds is 4. The molecular formula is C22H18O2. The summed E-state index contributed by atoms with van der Waals surface area (Å²) in [5, 5.41) is 9.00. The SMILES string of the molecule is O=C(O)c1ccc(CCC2c3ccccc3-c3ccccc32)cc1. The van der Waals surface area contributed by atoms with Crippen molar-refractivity contribution in [3.63, 3.8) is 0 Å². The van der Waals surface area contributed by atoms with Crippen LogP contribution in [0.5, 0.6) is 0 Å². The molecule has 0 unspecified atom stereocenters. The Morgan fingerprint density at radius 1 is 0.792 bits per heavy atom. The van der Waals surface area contributed by atoms with Crippen molar-refractivity contribution >= 4 is 5.97 Å². The van der Waals surface area contributed by atoms with E-state index in [0.29, 0.717) is 11.5 Å². The fourth-order valence-electron chi connectivity index (χ4n) is 3.70. The Bertz CT molecular complexity index is 848. The van der Waals surface area contributed by atoms with E-state index in [1.54, 1.807) is 12.1 Å². The predicted molar refractivity (Wildman–Crippen MR) is 95.4 cm³/mol. The van der Waals surface area contributed by atoms with Gasteiger partial charge in [0.15, 0.2) is 0 Å². The van der Waals surface area contributed by atoms with Crippen LogP contribution in [0.2, 0.25) is 0 Å². The van der Waals surface area contributed by atoms with Gasteiger partial charge in [0.2, 0.25) is 0 Å². The van der Waals surface area contributed by atoms with Crippen LogP contribution in [0.15, 0.2) is 72.8 Å². The van der Waals surface area contributed by atoms with E-state index in [2.05, 4.69) is 48.5 Å². The van der Waals surface area contributed by atoms with Gasteiger partial charge >= 0.3 is 5.97 Å². The number of hydrogen-bond acceptors (Lipinski definition) is 1. The van der Waals surface area contributed by atoms with Crippen molar-refractivity contribution in [1.29, 1.82) is 0 Å². The minimum Gasteiger partial charge on any atom is -0.478 e. The lowest BCUT2D eigenvalue weighted by molar-refractivity contribution is 0.0697. The number of aromatic carboxylic acids is 1. The Morgan fingerprint density at radius 2 is 1.33 bits per heavy atom. The van der Waals surface area contributed by atoms with Crippen molar-refractivity contribution in [2.24, 2.45) is 0 Å². The van der Waals surface area contributed by atoms with Crippen LogP contribution in [0, 0.1) is 0 Å². The minimum absolute atomic E-state index is 0.343. The fraction of sp³-hybridized carbons (Fsp3) is 0.136. The zero-order chi connectivity index (χ0) is 16.5. The van der Waals surface area contributed by atoms with Gasteiger partial charge in [0.25, 0.3) is 0 Å². The van der Waals surface area contributed by atoms with E-state index in [-0.39, 0.29) is 0 Å². The number of carboxylic acid groups (broad SMARTS) is 1. The van der Waals surface area contributed by atoms with Gasteiger partial charge in [-0.15, -0.1) is 0 Å². The van der Waals surface area contributed by atoms with Crippen LogP contribution >= 0.6 is 0 Å². The van der Waals surface area contributed by atoms with Gasteiger partial charge in [-0.3, -0.25) is 0 Å². The third-order valence-electron chi connectivity index (χ3n) is 4.89. The lowest BCUT2D eigenvalue weighted by Crippen LogP contribution is -2.00. The van der Waals surface area contributed by atoms with E-state index in [4.69, 9.17) is 5.11 Å². The second-order valence-electron chi connectivity index (χ2n) is 6.27. The van der Waals surface area contributed by atoms with E-state index in [1.165, 1.54) is 27.8 Å². The summed E-state index contributed by atoms with van der Waals surface area (Å²) in [5.74, 6) is -0.461. The minimum atomic E-state index is -0.875. The van der Waals surface area contributed by atoms with E-state index >= 15 is 0 Å². The predicted octanol–water partition coefficient (Wildman–Crippen LogP) is 5.13. The van der Waals surface area contributed by atoms with Gasteiger partial charge in [0.05, 0.1) is 5.56 Å². The third-order valence-corrected chi connectivity index (χ3v) is 4.89. The van der Waals surface area contributed by atoms with Gasteiger partial charge < -0.3 is 5.11 Å². The first kappa shape index (κ1) is 14.7. The molecule has 0 aliphatic heterocycles. The van der Waals surface area contributed by atoms with Gasteiger partial charge in [-0.2, -0.15) is 0 Å². The lowest BCUT2D eigenvalue weighted by Gasteiger charge is -2.13. The molecule has 4 rings (SSSR count). The molecule has 0 atom stereocenters. The van der Waals surface area contributed by atoms with Gasteiger partial charge in [0, 0.05) is 5.92 Å². The summed E-state index contributed by atoms with van der Waals surface area (Å²) in [6.45, 7) is 0. The molecule has 24 heavy (non-hydrogen) atoms. The van der Waals surface area contributed by atoms with Crippen LogP contribution in [0.3, 0.4) is 0 Å². The number of benzene rings is 3. The largest absolute Gasteiger partial charge is 0.478 e. The van der Waals surface area contributed by atoms with Crippen molar-refractivity contribution in [1.82, 2.24) is 0 Å². The molecule has 3 aromatic carbocycles. The molecule has 0 amide bonds. The second kappa shape index (κ2) is 5.97. The second-order valence-corrected chi connectivity index (χ2v) is 6.27. The molecule has 0 fully saturated rings. The first-order valence-corrected chi connectivity index (χ1v) is 8.24. The van der Waals surface area contributed by atoms with Crippen LogP contribution in [-0.2, 0) is 6.42 Å². The Kier molecular flexibility index (Phi) is 3.66. The number of hydrogen-bond donors (Lipinski definition) is 1. The molecule has 2 heteroatoms. The lowest BCUT2D eigenvalue weighted by atomic mass is 9.90. The molecule has 2 nitrogen and oxygen atoms in total. The van der Waals surface area contributed by atoms with Crippen LogP contribution in [-0.4, -0.2) is 11.1 Å². The smallest absolute Gasteiger partial charge is 0.335 e. The van der Waals surface area contributed by atoms with Gasteiger partial charge in [-0.1, -0.05) is 60.7 Å². The summed E-state index contributed by atoms with van der Waals surface area (Å²) in [6.07, 6.45) is 1.97. The van der Waals surface area contributed by atoms with Crippen molar-refractivity contribution in [3.05, 3.63) is 95.1 Å². The molecule has 0 saturated carbocycles. The number of carbonyl (C=O) groups is 1. The van der Waals surface area contributed by atoms with Crippen LogP contribution in [0.25, 0.3) is 11.1 Å². The number of fused-ring (bicyclic) bond motifs is 3. The highest BCUT2D eigenvalue weighted by Gasteiger charge is 2.27. The maximum Gasteiger partial charge on any atom is 0.335 e. The molecule has 0 saturated heterocycles. The number of carboxylic acids is 1. The van der Waals surface area contributed by atoms with E-state index in [9.17, 15) is 4.79 Å². The summed E-state index contributed by atoms with van der Waals surface area (Å²) < 4.78 is 0. The summed E-state index contributed by atoms with van der Waals surface area (Å²) in [5.41, 5.74) is 7.03. The van der Waals surface area contributed by atoms with Crippen LogP contribution < -0.4 is 0 Å². The maximum absolute atomic E-state index is 11.0. The molecule has 0 radical (unpaired) electrons. The zero-order valence-corrected chi connectivity index (χ0v) is 13.3. The monoisotopic (exact) mass is 314 g/mol. The van der Waals surface area contributed by atoms with E-state index < -0.39 is 5.97 Å². The highest BCUT2D eigenvalue weighted by molar-refractivity contribution is 5.87.